The van der Waals surface area contributed by atoms with E-state index in [2.05, 4.69) is 41.1 Å². The van der Waals surface area contributed by atoms with E-state index in [4.69, 9.17) is 0 Å². The van der Waals surface area contributed by atoms with E-state index in [0.717, 1.165) is 5.92 Å². The number of aryl methyl sites for hydroxylation is 1. The third-order valence-corrected chi connectivity index (χ3v) is 4.21. The van der Waals surface area contributed by atoms with E-state index < -0.39 is 0 Å². The summed E-state index contributed by atoms with van der Waals surface area (Å²) in [6.45, 7) is 2.18. The Morgan fingerprint density at radius 1 is 1.46 bits per heavy atom. The van der Waals surface area contributed by atoms with Gasteiger partial charge >= 0.3 is 0 Å². The van der Waals surface area contributed by atoms with Crippen LogP contribution >= 0.6 is 27.7 Å². The van der Waals surface area contributed by atoms with Crippen molar-refractivity contribution in [2.24, 2.45) is 5.92 Å². The molecule has 0 spiro atoms. The van der Waals surface area contributed by atoms with Crippen molar-refractivity contribution < 1.29 is 0 Å². The van der Waals surface area contributed by atoms with E-state index in [1.165, 1.54) is 33.5 Å². The fraction of sp³-hybridized carbons (Fsp3) is 0.455. The van der Waals surface area contributed by atoms with E-state index in [0.29, 0.717) is 0 Å². The maximum Gasteiger partial charge on any atom is 0.0178 e. The minimum Gasteiger partial charge on any atom is -0.126 e. The highest BCUT2D eigenvalue weighted by Crippen LogP contribution is 2.36. The second-order valence-corrected chi connectivity index (χ2v) is 5.64. The molecule has 1 aliphatic carbocycles. The normalized spacial score (nSPS) is 16.2. The van der Waals surface area contributed by atoms with Crippen LogP contribution in [0.3, 0.4) is 0 Å². The molecule has 2 rings (SSSR count). The van der Waals surface area contributed by atoms with Crippen LogP contribution in [0.15, 0.2) is 27.6 Å². The first-order valence-electron chi connectivity index (χ1n) is 4.64. The predicted molar refractivity (Wildman–Crippen MR) is 62.3 cm³/mol. The number of benzene rings is 1. The summed E-state index contributed by atoms with van der Waals surface area (Å²) in [6.07, 6.45) is 2.89. The minimum absolute atomic E-state index is 1.01. The molecular formula is C11H13BrS. The molecule has 0 amide bonds. The Balaban J connectivity index is 2.01. The predicted octanol–water partition coefficient (Wildman–Crippen LogP) is 4.26. The van der Waals surface area contributed by atoms with Crippen LogP contribution in [0.5, 0.6) is 0 Å². The van der Waals surface area contributed by atoms with Gasteiger partial charge in [0.1, 0.15) is 0 Å². The van der Waals surface area contributed by atoms with Crippen molar-refractivity contribution >= 4 is 27.7 Å². The van der Waals surface area contributed by atoms with Crippen LogP contribution in [0, 0.1) is 12.8 Å². The third-order valence-electron chi connectivity index (χ3n) is 2.31. The lowest BCUT2D eigenvalue weighted by Gasteiger charge is -2.04. The van der Waals surface area contributed by atoms with Gasteiger partial charge < -0.3 is 0 Å². The second kappa shape index (κ2) is 4.05. The van der Waals surface area contributed by atoms with E-state index in [9.17, 15) is 0 Å². The van der Waals surface area contributed by atoms with Crippen molar-refractivity contribution in [1.82, 2.24) is 0 Å². The summed E-state index contributed by atoms with van der Waals surface area (Å²) < 4.78 is 1.18. The first-order chi connectivity index (χ1) is 6.25. The van der Waals surface area contributed by atoms with E-state index in [1.54, 1.807) is 0 Å². The minimum atomic E-state index is 1.01. The quantitative estimate of drug-likeness (QED) is 0.729. The Kier molecular flexibility index (Phi) is 2.99. The summed E-state index contributed by atoms with van der Waals surface area (Å²) in [4.78, 5) is 1.44. The van der Waals surface area contributed by atoms with Gasteiger partial charge in [0.15, 0.2) is 0 Å². The van der Waals surface area contributed by atoms with Crippen molar-refractivity contribution in [3.63, 3.8) is 0 Å². The summed E-state index contributed by atoms with van der Waals surface area (Å²) in [7, 11) is 0. The third kappa shape index (κ3) is 2.75. The highest BCUT2D eigenvalue weighted by molar-refractivity contribution is 9.10. The van der Waals surface area contributed by atoms with Crippen molar-refractivity contribution in [1.29, 1.82) is 0 Å². The molecule has 2 heteroatoms. The Morgan fingerprint density at radius 3 is 2.85 bits per heavy atom. The smallest absolute Gasteiger partial charge is 0.0178 e. The Morgan fingerprint density at radius 2 is 2.23 bits per heavy atom. The van der Waals surface area contributed by atoms with Crippen LogP contribution in [0.2, 0.25) is 0 Å². The van der Waals surface area contributed by atoms with Gasteiger partial charge in [-0.3, -0.25) is 0 Å². The van der Waals surface area contributed by atoms with Gasteiger partial charge in [-0.1, -0.05) is 15.9 Å². The largest absolute Gasteiger partial charge is 0.126 e. The van der Waals surface area contributed by atoms with Gasteiger partial charge in [0, 0.05) is 15.1 Å². The highest BCUT2D eigenvalue weighted by Gasteiger charge is 2.21. The fourth-order valence-corrected chi connectivity index (χ4v) is 2.94. The molecule has 70 valence electrons. The Hall–Kier alpha value is 0.0500. The van der Waals surface area contributed by atoms with Crippen LogP contribution in [-0.2, 0) is 0 Å². The van der Waals surface area contributed by atoms with Crippen LogP contribution in [-0.4, -0.2) is 5.75 Å². The lowest BCUT2D eigenvalue weighted by molar-refractivity contribution is 0.999. The van der Waals surface area contributed by atoms with Crippen LogP contribution < -0.4 is 0 Å². The zero-order valence-corrected chi connectivity index (χ0v) is 10.1. The average Bonchev–Trinajstić information content (AvgIpc) is 2.86. The average molecular weight is 257 g/mol. The molecule has 1 fully saturated rings. The number of thioether (sulfide) groups is 1. The van der Waals surface area contributed by atoms with E-state index in [1.807, 2.05) is 11.8 Å². The molecule has 1 aromatic rings. The number of hydrogen-bond acceptors (Lipinski definition) is 1. The molecule has 0 nitrogen and oxygen atoms in total. The van der Waals surface area contributed by atoms with E-state index >= 15 is 0 Å². The van der Waals surface area contributed by atoms with Crippen molar-refractivity contribution in [3.05, 3.63) is 28.2 Å². The molecule has 0 bridgehead atoms. The van der Waals surface area contributed by atoms with Gasteiger partial charge in [-0.05, 0) is 49.4 Å². The molecular weight excluding hydrogens is 244 g/mol. The highest BCUT2D eigenvalue weighted by atomic mass is 79.9. The lowest BCUT2D eigenvalue weighted by Crippen LogP contribution is -1.84. The van der Waals surface area contributed by atoms with Gasteiger partial charge in [-0.2, -0.15) is 0 Å². The van der Waals surface area contributed by atoms with Crippen molar-refractivity contribution in [3.8, 4) is 0 Å². The molecule has 13 heavy (non-hydrogen) atoms. The van der Waals surface area contributed by atoms with Crippen LogP contribution in [0.25, 0.3) is 0 Å². The second-order valence-electron chi connectivity index (χ2n) is 3.66. The molecule has 0 unspecified atom stereocenters. The van der Waals surface area contributed by atoms with Crippen molar-refractivity contribution in [2.45, 2.75) is 24.7 Å². The Labute approximate surface area is 92.2 Å². The molecule has 1 aliphatic rings. The lowest BCUT2D eigenvalue weighted by atomic mass is 10.2. The summed E-state index contributed by atoms with van der Waals surface area (Å²) in [5.41, 5.74) is 1.39. The SMILES string of the molecule is Cc1cc(Br)ccc1SCC1CC1. The van der Waals surface area contributed by atoms with Crippen LogP contribution in [0.1, 0.15) is 18.4 Å². The molecule has 1 saturated carbocycles. The molecule has 0 N–H and O–H groups in total. The van der Waals surface area contributed by atoms with Crippen LogP contribution in [0.4, 0.5) is 0 Å². The number of hydrogen-bond donors (Lipinski definition) is 0. The maximum absolute atomic E-state index is 3.48. The number of rotatable bonds is 3. The monoisotopic (exact) mass is 256 g/mol. The van der Waals surface area contributed by atoms with E-state index in [-0.39, 0.29) is 0 Å². The standard InChI is InChI=1S/C11H13BrS/c1-8-6-10(12)4-5-11(8)13-7-9-2-3-9/h4-6,9H,2-3,7H2,1H3. The molecule has 0 atom stereocenters. The summed E-state index contributed by atoms with van der Waals surface area (Å²) in [5.74, 6) is 2.32. The van der Waals surface area contributed by atoms with Gasteiger partial charge in [-0.25, -0.2) is 0 Å². The molecule has 0 saturated heterocycles. The molecule has 0 heterocycles. The van der Waals surface area contributed by atoms with Gasteiger partial charge in [0.2, 0.25) is 0 Å². The zero-order chi connectivity index (χ0) is 9.26. The van der Waals surface area contributed by atoms with Gasteiger partial charge in [0.25, 0.3) is 0 Å². The topological polar surface area (TPSA) is 0 Å². The first kappa shape index (κ1) is 9.60. The van der Waals surface area contributed by atoms with Gasteiger partial charge in [0.05, 0.1) is 0 Å². The number of halogens is 1. The molecule has 0 aromatic heterocycles. The fourth-order valence-electron chi connectivity index (χ4n) is 1.27. The first-order valence-corrected chi connectivity index (χ1v) is 6.42. The molecule has 0 radical (unpaired) electrons. The maximum atomic E-state index is 3.48. The van der Waals surface area contributed by atoms with Gasteiger partial charge in [-0.15, -0.1) is 11.8 Å². The summed E-state index contributed by atoms with van der Waals surface area (Å²) in [6, 6.07) is 6.53. The molecule has 0 aliphatic heterocycles. The van der Waals surface area contributed by atoms with Crippen molar-refractivity contribution in [2.75, 3.05) is 5.75 Å². The zero-order valence-electron chi connectivity index (χ0n) is 7.72. The summed E-state index contributed by atoms with van der Waals surface area (Å²) >= 11 is 5.48. The summed E-state index contributed by atoms with van der Waals surface area (Å²) in [5, 5.41) is 0. The molecule has 1 aromatic carbocycles. The Bertz CT molecular complexity index is 305.